The first-order valence-electron chi connectivity index (χ1n) is 14.3. The Balaban J connectivity index is 1.28. The summed E-state index contributed by atoms with van der Waals surface area (Å²) in [6, 6.07) is 17.8. The van der Waals surface area contributed by atoms with Crippen molar-refractivity contribution in [1.29, 1.82) is 0 Å². The van der Waals surface area contributed by atoms with E-state index >= 15 is 0 Å². The van der Waals surface area contributed by atoms with Gasteiger partial charge >= 0.3 is 0 Å². The Labute approximate surface area is 241 Å². The number of piperazine rings is 1. The van der Waals surface area contributed by atoms with E-state index in [-0.39, 0.29) is 6.04 Å². The highest BCUT2D eigenvalue weighted by Crippen LogP contribution is 2.37. The van der Waals surface area contributed by atoms with Gasteiger partial charge in [-0.15, -0.1) is 0 Å². The lowest BCUT2D eigenvalue weighted by Gasteiger charge is -2.41. The molecular weight excluding hydrogens is 536 g/mol. The van der Waals surface area contributed by atoms with Crippen molar-refractivity contribution in [1.82, 2.24) is 34.3 Å². The van der Waals surface area contributed by atoms with E-state index in [1.807, 2.05) is 54.6 Å². The number of fused-ring (bicyclic) bond motifs is 1. The number of sulfonamides is 1. The first-order chi connectivity index (χ1) is 19.8. The van der Waals surface area contributed by atoms with E-state index in [4.69, 9.17) is 10.8 Å². The van der Waals surface area contributed by atoms with Crippen LogP contribution in [0.4, 0.5) is 5.82 Å². The number of nitrogen functional groups attached to an aromatic ring is 1. The molecule has 2 aliphatic rings. The number of nitrogens with one attached hydrogen (secondary N) is 1. The number of hydrogen-bond acceptors (Lipinski definition) is 8. The van der Waals surface area contributed by atoms with E-state index in [0.717, 1.165) is 85.3 Å². The second-order valence-corrected chi connectivity index (χ2v) is 13.2. The van der Waals surface area contributed by atoms with Crippen LogP contribution in [0.2, 0.25) is 0 Å². The van der Waals surface area contributed by atoms with Crippen LogP contribution in [0.1, 0.15) is 48.9 Å². The minimum atomic E-state index is -3.44. The summed E-state index contributed by atoms with van der Waals surface area (Å²) in [6.45, 7) is 4.56. The van der Waals surface area contributed by atoms with Crippen molar-refractivity contribution in [2.24, 2.45) is 0 Å². The Hall–Kier alpha value is -3.38. The molecular formula is C30H38N8O2S. The Morgan fingerprint density at radius 2 is 1.51 bits per heavy atom. The van der Waals surface area contributed by atoms with E-state index in [2.05, 4.69) is 36.2 Å². The van der Waals surface area contributed by atoms with E-state index in [9.17, 15) is 8.42 Å². The van der Waals surface area contributed by atoms with Gasteiger partial charge in [0.25, 0.3) is 0 Å². The molecule has 6 rings (SSSR count). The summed E-state index contributed by atoms with van der Waals surface area (Å²) in [4.78, 5) is 14.0. The number of benzene rings is 2. The lowest BCUT2D eigenvalue weighted by Crippen LogP contribution is -2.49. The number of hydrogen-bond donors (Lipinski definition) is 2. The highest BCUT2D eigenvalue weighted by Gasteiger charge is 2.31. The molecule has 41 heavy (non-hydrogen) atoms. The summed E-state index contributed by atoms with van der Waals surface area (Å²) in [5, 5.41) is 5.85. The summed E-state index contributed by atoms with van der Waals surface area (Å²) >= 11 is 0. The minimum absolute atomic E-state index is 0.255. The molecule has 1 saturated heterocycles. The quantitative estimate of drug-likeness (QED) is 0.344. The summed E-state index contributed by atoms with van der Waals surface area (Å²) in [6.07, 6.45) is 7.08. The van der Waals surface area contributed by atoms with Crippen molar-refractivity contribution in [3.63, 3.8) is 0 Å². The molecule has 1 atom stereocenters. The van der Waals surface area contributed by atoms with E-state index in [1.54, 1.807) is 0 Å². The average Bonchev–Trinajstić information content (AvgIpc) is 3.38. The van der Waals surface area contributed by atoms with Crippen LogP contribution in [0.25, 0.3) is 22.3 Å². The van der Waals surface area contributed by atoms with Crippen molar-refractivity contribution >= 4 is 26.9 Å². The molecule has 0 spiro atoms. The molecule has 3 N–H and O–H groups in total. The van der Waals surface area contributed by atoms with Crippen LogP contribution in [0, 0.1) is 0 Å². The third kappa shape index (κ3) is 5.99. The first kappa shape index (κ1) is 27.8. The molecule has 216 valence electrons. The van der Waals surface area contributed by atoms with Gasteiger partial charge in [-0.1, -0.05) is 54.6 Å². The van der Waals surface area contributed by atoms with Crippen LogP contribution in [-0.2, 0) is 10.0 Å². The third-order valence-electron chi connectivity index (χ3n) is 8.57. The second-order valence-electron chi connectivity index (χ2n) is 11.4. The van der Waals surface area contributed by atoms with Crippen molar-refractivity contribution < 1.29 is 8.42 Å². The molecule has 10 nitrogen and oxygen atoms in total. The fourth-order valence-electron chi connectivity index (χ4n) is 6.33. The monoisotopic (exact) mass is 574 g/mol. The Morgan fingerprint density at radius 1 is 0.878 bits per heavy atom. The standard InChI is InChI=1S/C30H38N8O2S/c1-36-16-18-37(19-17-36)24-12-14-25(15-13-24)38-30-26(29(31)32-20-33-30)28(34-38)23-10-8-22(9-11-23)27(35-41(2,39)40)21-6-4-3-5-7-21/h3-11,20,24-25,27,35H,12-19H2,1-2H3,(H2,31,32,33). The first-order valence-corrected chi connectivity index (χ1v) is 16.2. The van der Waals surface area contributed by atoms with Crippen LogP contribution in [0.5, 0.6) is 0 Å². The number of nitrogens with zero attached hydrogens (tertiary/aromatic N) is 6. The minimum Gasteiger partial charge on any atom is -0.383 e. The van der Waals surface area contributed by atoms with Crippen LogP contribution in [-0.4, -0.2) is 83.5 Å². The van der Waals surface area contributed by atoms with E-state index in [1.165, 1.54) is 12.6 Å². The molecule has 1 aliphatic heterocycles. The maximum absolute atomic E-state index is 12.2. The largest absolute Gasteiger partial charge is 0.383 e. The second kappa shape index (κ2) is 11.5. The predicted octanol–water partition coefficient (Wildman–Crippen LogP) is 3.45. The van der Waals surface area contributed by atoms with Crippen molar-refractivity contribution in [2.75, 3.05) is 45.2 Å². The van der Waals surface area contributed by atoms with Gasteiger partial charge in [0.05, 0.1) is 23.7 Å². The van der Waals surface area contributed by atoms with Gasteiger partial charge in [0.2, 0.25) is 10.0 Å². The Morgan fingerprint density at radius 3 is 2.17 bits per heavy atom. The van der Waals surface area contributed by atoms with Crippen molar-refractivity contribution in [2.45, 2.75) is 43.8 Å². The molecule has 1 aliphatic carbocycles. The van der Waals surface area contributed by atoms with Gasteiger partial charge in [-0.3, -0.25) is 4.90 Å². The van der Waals surface area contributed by atoms with Gasteiger partial charge in [0.1, 0.15) is 17.8 Å². The van der Waals surface area contributed by atoms with Crippen LogP contribution in [0.3, 0.4) is 0 Å². The Kier molecular flexibility index (Phi) is 7.78. The Bertz CT molecular complexity index is 1590. The van der Waals surface area contributed by atoms with Crippen molar-refractivity contribution in [3.05, 3.63) is 72.1 Å². The number of aromatic nitrogens is 4. The average molecular weight is 575 g/mol. The number of likely N-dealkylation sites (N-methyl/N-ethyl adjacent to an activating group) is 1. The molecule has 1 saturated carbocycles. The lowest BCUT2D eigenvalue weighted by molar-refractivity contribution is 0.0815. The zero-order valence-corrected chi connectivity index (χ0v) is 24.5. The fourth-order valence-corrected chi connectivity index (χ4v) is 7.03. The molecule has 2 fully saturated rings. The van der Waals surface area contributed by atoms with Gasteiger partial charge in [0.15, 0.2) is 5.65 Å². The molecule has 4 aromatic rings. The molecule has 0 amide bonds. The number of nitrogens with two attached hydrogens (primary N) is 1. The van der Waals surface area contributed by atoms with Crippen molar-refractivity contribution in [3.8, 4) is 11.3 Å². The van der Waals surface area contributed by atoms with Gasteiger partial charge < -0.3 is 10.6 Å². The normalized spacial score (nSPS) is 21.7. The lowest BCUT2D eigenvalue weighted by atomic mass is 9.90. The number of anilines is 1. The summed E-state index contributed by atoms with van der Waals surface area (Å²) in [5.41, 5.74) is 10.5. The molecule has 11 heteroatoms. The molecule has 0 radical (unpaired) electrons. The molecule has 1 unspecified atom stereocenters. The zero-order valence-electron chi connectivity index (χ0n) is 23.6. The predicted molar refractivity (Wildman–Crippen MR) is 162 cm³/mol. The maximum Gasteiger partial charge on any atom is 0.209 e. The molecule has 2 aromatic heterocycles. The number of rotatable bonds is 7. The van der Waals surface area contributed by atoms with Gasteiger partial charge in [0, 0.05) is 37.8 Å². The zero-order chi connectivity index (χ0) is 28.6. The smallest absolute Gasteiger partial charge is 0.209 e. The fraction of sp³-hybridized carbons (Fsp3) is 0.433. The third-order valence-corrected chi connectivity index (χ3v) is 9.23. The highest BCUT2D eigenvalue weighted by atomic mass is 32.2. The molecule has 3 heterocycles. The topological polar surface area (TPSA) is 122 Å². The highest BCUT2D eigenvalue weighted by molar-refractivity contribution is 7.88. The summed E-state index contributed by atoms with van der Waals surface area (Å²) in [7, 11) is -1.24. The van der Waals surface area contributed by atoms with Gasteiger partial charge in [-0.05, 0) is 43.9 Å². The molecule has 2 aromatic carbocycles. The maximum atomic E-state index is 12.2. The van der Waals surface area contributed by atoms with E-state index in [0.29, 0.717) is 11.9 Å². The van der Waals surface area contributed by atoms with Crippen LogP contribution < -0.4 is 10.5 Å². The summed E-state index contributed by atoms with van der Waals surface area (Å²) < 4.78 is 29.2. The van der Waals surface area contributed by atoms with Crippen LogP contribution in [0.15, 0.2) is 60.9 Å². The van der Waals surface area contributed by atoms with Gasteiger partial charge in [-0.25, -0.2) is 27.8 Å². The van der Waals surface area contributed by atoms with Gasteiger partial charge in [-0.2, -0.15) is 5.10 Å². The summed E-state index contributed by atoms with van der Waals surface area (Å²) in [5.74, 6) is 0.410. The van der Waals surface area contributed by atoms with E-state index < -0.39 is 16.1 Å². The SMILES string of the molecule is CN1CCN(C2CCC(n3nc(-c4ccc(C(NS(C)(=O)=O)c5ccccc5)cc4)c4c(N)ncnc43)CC2)CC1. The van der Waals surface area contributed by atoms with Crippen LogP contribution >= 0.6 is 0 Å². The molecule has 0 bridgehead atoms.